The number of amides is 1. The SMILES string of the molecule is COc1ccccc1[C@@H]1C[C@H](N)C(=O)N1. The minimum atomic E-state index is -0.403. The minimum absolute atomic E-state index is 0.0244. The predicted octanol–water partition coefficient (Wildman–Crippen LogP) is 0.583. The van der Waals surface area contributed by atoms with E-state index >= 15 is 0 Å². The van der Waals surface area contributed by atoms with E-state index in [-0.39, 0.29) is 11.9 Å². The van der Waals surface area contributed by atoms with Crippen molar-refractivity contribution in [1.29, 1.82) is 0 Å². The van der Waals surface area contributed by atoms with E-state index in [1.165, 1.54) is 0 Å². The fourth-order valence-electron chi connectivity index (χ4n) is 1.86. The van der Waals surface area contributed by atoms with E-state index in [2.05, 4.69) is 5.32 Å². The van der Waals surface area contributed by atoms with Crippen molar-refractivity contribution < 1.29 is 9.53 Å². The van der Waals surface area contributed by atoms with Crippen LogP contribution in [0.2, 0.25) is 0 Å². The summed E-state index contributed by atoms with van der Waals surface area (Å²) in [7, 11) is 1.62. The highest BCUT2D eigenvalue weighted by Gasteiger charge is 2.31. The highest BCUT2D eigenvalue weighted by atomic mass is 16.5. The molecule has 1 aliphatic heterocycles. The summed E-state index contributed by atoms with van der Waals surface area (Å²) in [5.41, 5.74) is 6.63. The number of ether oxygens (including phenoxy) is 1. The maximum atomic E-state index is 11.3. The number of para-hydroxylation sites is 1. The lowest BCUT2D eigenvalue weighted by Crippen LogP contribution is -2.30. The maximum Gasteiger partial charge on any atom is 0.237 e. The molecular formula is C11H14N2O2. The Kier molecular flexibility index (Phi) is 2.60. The molecule has 2 rings (SSSR count). The molecule has 1 heterocycles. The standard InChI is InChI=1S/C11H14N2O2/c1-15-10-5-3-2-4-7(10)9-6-8(12)11(14)13-9/h2-5,8-9H,6,12H2,1H3,(H,13,14)/t8-,9-/m0/s1. The van der Waals surface area contributed by atoms with E-state index in [1.54, 1.807) is 7.11 Å². The number of hydrogen-bond donors (Lipinski definition) is 2. The maximum absolute atomic E-state index is 11.3. The lowest BCUT2D eigenvalue weighted by Gasteiger charge is -2.14. The third-order valence-electron chi connectivity index (χ3n) is 2.66. The summed E-state index contributed by atoms with van der Waals surface area (Å²) in [6.07, 6.45) is 0.624. The molecule has 1 aliphatic rings. The van der Waals surface area contributed by atoms with Crippen LogP contribution in [-0.2, 0) is 4.79 Å². The van der Waals surface area contributed by atoms with Gasteiger partial charge in [-0.15, -0.1) is 0 Å². The van der Waals surface area contributed by atoms with Crippen molar-refractivity contribution in [3.8, 4) is 5.75 Å². The predicted molar refractivity (Wildman–Crippen MR) is 56.5 cm³/mol. The summed E-state index contributed by atoms with van der Waals surface area (Å²) < 4.78 is 5.24. The van der Waals surface area contributed by atoms with E-state index in [1.807, 2.05) is 24.3 Å². The van der Waals surface area contributed by atoms with Crippen molar-refractivity contribution in [3.05, 3.63) is 29.8 Å². The van der Waals surface area contributed by atoms with Gasteiger partial charge in [0.05, 0.1) is 19.2 Å². The van der Waals surface area contributed by atoms with Crippen molar-refractivity contribution in [3.63, 3.8) is 0 Å². The fraction of sp³-hybridized carbons (Fsp3) is 0.364. The Hall–Kier alpha value is -1.55. The molecule has 1 fully saturated rings. The number of nitrogens with two attached hydrogens (primary N) is 1. The van der Waals surface area contributed by atoms with Gasteiger partial charge < -0.3 is 15.8 Å². The topological polar surface area (TPSA) is 64.3 Å². The molecule has 1 aromatic rings. The minimum Gasteiger partial charge on any atom is -0.496 e. The van der Waals surface area contributed by atoms with E-state index in [4.69, 9.17) is 10.5 Å². The zero-order valence-corrected chi connectivity index (χ0v) is 8.57. The Bertz CT molecular complexity index is 379. The number of benzene rings is 1. The largest absolute Gasteiger partial charge is 0.496 e. The van der Waals surface area contributed by atoms with Crippen molar-refractivity contribution in [2.45, 2.75) is 18.5 Å². The second-order valence-corrected chi connectivity index (χ2v) is 3.65. The number of rotatable bonds is 2. The Morgan fingerprint density at radius 1 is 1.47 bits per heavy atom. The van der Waals surface area contributed by atoms with Crippen LogP contribution in [0.25, 0.3) is 0 Å². The first-order chi connectivity index (χ1) is 7.22. The molecule has 1 amide bonds. The van der Waals surface area contributed by atoms with Gasteiger partial charge in [0, 0.05) is 5.56 Å². The van der Waals surface area contributed by atoms with Crippen LogP contribution in [0.5, 0.6) is 5.75 Å². The van der Waals surface area contributed by atoms with Crippen LogP contribution < -0.4 is 15.8 Å². The highest BCUT2D eigenvalue weighted by Crippen LogP contribution is 2.30. The molecule has 0 aliphatic carbocycles. The van der Waals surface area contributed by atoms with Crippen molar-refractivity contribution >= 4 is 5.91 Å². The van der Waals surface area contributed by atoms with Gasteiger partial charge in [-0.1, -0.05) is 18.2 Å². The monoisotopic (exact) mass is 206 g/mol. The van der Waals surface area contributed by atoms with E-state index < -0.39 is 6.04 Å². The Morgan fingerprint density at radius 3 is 2.80 bits per heavy atom. The average Bonchev–Trinajstić information content (AvgIpc) is 2.59. The Balaban J connectivity index is 2.27. The third kappa shape index (κ3) is 1.80. The molecule has 1 aromatic carbocycles. The van der Waals surface area contributed by atoms with Gasteiger partial charge >= 0.3 is 0 Å². The van der Waals surface area contributed by atoms with Crippen LogP contribution in [0.1, 0.15) is 18.0 Å². The van der Waals surface area contributed by atoms with Gasteiger partial charge in [-0.2, -0.15) is 0 Å². The van der Waals surface area contributed by atoms with E-state index in [0.29, 0.717) is 6.42 Å². The molecule has 2 atom stereocenters. The van der Waals surface area contributed by atoms with Gasteiger partial charge in [0.15, 0.2) is 0 Å². The van der Waals surface area contributed by atoms with Gasteiger partial charge in [-0.25, -0.2) is 0 Å². The van der Waals surface area contributed by atoms with Crippen LogP contribution in [0.3, 0.4) is 0 Å². The summed E-state index contributed by atoms with van der Waals surface area (Å²) >= 11 is 0. The van der Waals surface area contributed by atoms with Gasteiger partial charge in [0.2, 0.25) is 5.91 Å². The second kappa shape index (κ2) is 3.90. The van der Waals surface area contributed by atoms with Gasteiger partial charge in [-0.05, 0) is 12.5 Å². The lowest BCUT2D eigenvalue weighted by atomic mass is 10.0. The smallest absolute Gasteiger partial charge is 0.237 e. The van der Waals surface area contributed by atoms with Crippen LogP contribution >= 0.6 is 0 Å². The summed E-state index contributed by atoms with van der Waals surface area (Å²) in [5, 5.41) is 2.85. The number of hydrogen-bond acceptors (Lipinski definition) is 3. The van der Waals surface area contributed by atoms with Crippen LogP contribution in [0, 0.1) is 0 Å². The number of carbonyl (C=O) groups is 1. The first kappa shape index (κ1) is 9.98. The zero-order chi connectivity index (χ0) is 10.8. The molecule has 0 spiro atoms. The van der Waals surface area contributed by atoms with Crippen LogP contribution in [-0.4, -0.2) is 19.1 Å². The number of nitrogens with one attached hydrogen (secondary N) is 1. The quantitative estimate of drug-likeness (QED) is 0.744. The van der Waals surface area contributed by atoms with E-state index in [9.17, 15) is 4.79 Å². The summed E-state index contributed by atoms with van der Waals surface area (Å²) in [6, 6.07) is 7.23. The van der Waals surface area contributed by atoms with Crippen LogP contribution in [0.4, 0.5) is 0 Å². The second-order valence-electron chi connectivity index (χ2n) is 3.65. The molecule has 3 N–H and O–H groups in total. The van der Waals surface area contributed by atoms with E-state index in [0.717, 1.165) is 11.3 Å². The third-order valence-corrected chi connectivity index (χ3v) is 2.66. The molecule has 0 bridgehead atoms. The first-order valence-electron chi connectivity index (χ1n) is 4.91. The molecule has 4 nitrogen and oxygen atoms in total. The molecule has 1 saturated heterocycles. The number of carbonyl (C=O) groups excluding carboxylic acids is 1. The van der Waals surface area contributed by atoms with Gasteiger partial charge in [0.1, 0.15) is 5.75 Å². The van der Waals surface area contributed by atoms with Crippen molar-refractivity contribution in [1.82, 2.24) is 5.32 Å². The molecule has 80 valence electrons. The molecule has 0 aromatic heterocycles. The molecule has 0 radical (unpaired) electrons. The van der Waals surface area contributed by atoms with Crippen molar-refractivity contribution in [2.24, 2.45) is 5.73 Å². The summed E-state index contributed by atoms with van der Waals surface area (Å²) in [6.45, 7) is 0. The number of methoxy groups -OCH3 is 1. The van der Waals surface area contributed by atoms with Gasteiger partial charge in [-0.3, -0.25) is 4.79 Å². The lowest BCUT2D eigenvalue weighted by molar-refractivity contribution is -0.120. The molecule has 4 heteroatoms. The Labute approximate surface area is 88.4 Å². The van der Waals surface area contributed by atoms with Crippen molar-refractivity contribution in [2.75, 3.05) is 7.11 Å². The molecular weight excluding hydrogens is 192 g/mol. The molecule has 0 saturated carbocycles. The zero-order valence-electron chi connectivity index (χ0n) is 8.57. The normalized spacial score (nSPS) is 25.1. The molecule has 0 unspecified atom stereocenters. The molecule has 15 heavy (non-hydrogen) atoms. The van der Waals surface area contributed by atoms with Gasteiger partial charge in [0.25, 0.3) is 0 Å². The van der Waals surface area contributed by atoms with Crippen LogP contribution in [0.15, 0.2) is 24.3 Å². The summed E-state index contributed by atoms with van der Waals surface area (Å²) in [5.74, 6) is 0.697. The Morgan fingerprint density at radius 2 is 2.20 bits per heavy atom. The summed E-state index contributed by atoms with van der Waals surface area (Å²) in [4.78, 5) is 11.3. The average molecular weight is 206 g/mol. The fourth-order valence-corrected chi connectivity index (χ4v) is 1.86. The highest BCUT2D eigenvalue weighted by molar-refractivity contribution is 5.84. The first-order valence-corrected chi connectivity index (χ1v) is 4.91.